The molecule has 2 aliphatic carbocycles. The fourth-order valence-electron chi connectivity index (χ4n) is 8.22. The van der Waals surface area contributed by atoms with Gasteiger partial charge in [-0.2, -0.15) is 0 Å². The zero-order valence-corrected chi connectivity index (χ0v) is 36.2. The van der Waals surface area contributed by atoms with Crippen LogP contribution in [-0.4, -0.2) is 46.9 Å². The maximum Gasteiger partial charge on any atom is 0.330 e. The van der Waals surface area contributed by atoms with E-state index in [1.165, 1.54) is 56.7 Å². The summed E-state index contributed by atoms with van der Waals surface area (Å²) in [6.07, 6.45) is 19.9. The van der Waals surface area contributed by atoms with Gasteiger partial charge in [0.05, 0.1) is 33.7 Å². The number of carbonyl (C=O) groups excluding carboxylic acids is 4. The number of esters is 4. The van der Waals surface area contributed by atoms with Gasteiger partial charge in [0.15, 0.2) is 0 Å². The third kappa shape index (κ3) is 15.3. The van der Waals surface area contributed by atoms with E-state index in [0.717, 1.165) is 75.7 Å². The van der Waals surface area contributed by atoms with Crippen molar-refractivity contribution in [1.82, 2.24) is 0 Å². The molecule has 0 radical (unpaired) electrons. The molecule has 0 spiro atoms. The molecule has 0 bridgehead atoms. The summed E-state index contributed by atoms with van der Waals surface area (Å²) in [7, 11) is 0. The minimum absolute atomic E-state index is 0.0384. The molecule has 14 nitrogen and oxygen atoms in total. The van der Waals surface area contributed by atoms with Crippen molar-refractivity contribution in [2.75, 3.05) is 13.2 Å². The SMILES string of the molecule is CCCCC1CCC(C(=O)Oc2ccc(C=CC(=O)OCC(COC(=O)C=Cc3ccc(OC(=O)C4CCC(CCCC)CC4)cc3)c3ccc([N+](=O)[O-])cc3[N+](=O)[O-])cc2)CC1. The number of unbranched alkanes of at least 4 members (excludes halogenated alkanes) is 2. The van der Waals surface area contributed by atoms with Crippen molar-refractivity contribution < 1.29 is 48.0 Å². The number of benzene rings is 3. The lowest BCUT2D eigenvalue weighted by Crippen LogP contribution is -2.25. The molecule has 5 rings (SSSR count). The van der Waals surface area contributed by atoms with Crippen LogP contribution in [0.1, 0.15) is 126 Å². The normalized spacial score (nSPS) is 19.3. The van der Waals surface area contributed by atoms with Crippen molar-refractivity contribution in [2.24, 2.45) is 23.7 Å². The van der Waals surface area contributed by atoms with Gasteiger partial charge in [0.2, 0.25) is 0 Å². The number of hydrogen-bond acceptors (Lipinski definition) is 12. The van der Waals surface area contributed by atoms with Crippen LogP contribution in [0.15, 0.2) is 78.9 Å². The van der Waals surface area contributed by atoms with E-state index in [0.29, 0.717) is 34.5 Å². The van der Waals surface area contributed by atoms with Crippen molar-refractivity contribution in [1.29, 1.82) is 0 Å². The summed E-state index contributed by atoms with van der Waals surface area (Å²) in [4.78, 5) is 73.1. The highest BCUT2D eigenvalue weighted by molar-refractivity contribution is 5.88. The van der Waals surface area contributed by atoms with Gasteiger partial charge in [0, 0.05) is 23.8 Å². The Morgan fingerprint density at radius 3 is 1.43 bits per heavy atom. The summed E-state index contributed by atoms with van der Waals surface area (Å²) in [5.41, 5.74) is 0.0620. The van der Waals surface area contributed by atoms with E-state index in [2.05, 4.69) is 13.8 Å². The third-order valence-corrected chi connectivity index (χ3v) is 12.0. The van der Waals surface area contributed by atoms with E-state index in [4.69, 9.17) is 18.9 Å². The molecule has 0 unspecified atom stereocenters. The molecule has 3 aromatic rings. The smallest absolute Gasteiger partial charge is 0.330 e. The zero-order valence-electron chi connectivity index (χ0n) is 36.2. The fourth-order valence-corrected chi connectivity index (χ4v) is 8.22. The van der Waals surface area contributed by atoms with Crippen LogP contribution in [-0.2, 0) is 28.7 Å². The largest absolute Gasteiger partial charge is 0.462 e. The van der Waals surface area contributed by atoms with E-state index in [1.807, 2.05) is 0 Å². The third-order valence-electron chi connectivity index (χ3n) is 12.0. The van der Waals surface area contributed by atoms with Crippen molar-refractivity contribution in [3.05, 3.63) is 116 Å². The predicted molar refractivity (Wildman–Crippen MR) is 237 cm³/mol. The second kappa shape index (κ2) is 24.5. The van der Waals surface area contributed by atoms with Gasteiger partial charge in [0.25, 0.3) is 11.4 Å². The van der Waals surface area contributed by atoms with E-state index in [1.54, 1.807) is 48.5 Å². The molecule has 2 fully saturated rings. The Hall–Kier alpha value is -6.18. The predicted octanol–water partition coefficient (Wildman–Crippen LogP) is 10.9. The average Bonchev–Trinajstić information content (AvgIpc) is 3.29. The molecule has 14 heteroatoms. The summed E-state index contributed by atoms with van der Waals surface area (Å²) in [6, 6.07) is 16.3. The maximum atomic E-state index is 12.8. The second-order valence-corrected chi connectivity index (χ2v) is 16.6. The molecule has 0 saturated heterocycles. The number of hydrogen-bond donors (Lipinski definition) is 0. The molecule has 0 amide bonds. The van der Waals surface area contributed by atoms with Gasteiger partial charge in [-0.25, -0.2) is 9.59 Å². The van der Waals surface area contributed by atoms with Crippen LogP contribution in [0.3, 0.4) is 0 Å². The van der Waals surface area contributed by atoms with Gasteiger partial charge < -0.3 is 18.9 Å². The molecule has 0 N–H and O–H groups in total. The zero-order chi connectivity index (χ0) is 45.1. The van der Waals surface area contributed by atoms with Gasteiger partial charge in [-0.1, -0.05) is 76.6 Å². The Morgan fingerprint density at radius 1 is 0.619 bits per heavy atom. The lowest BCUT2D eigenvalue weighted by molar-refractivity contribution is -0.394. The van der Waals surface area contributed by atoms with Crippen molar-refractivity contribution >= 4 is 47.4 Å². The minimum Gasteiger partial charge on any atom is -0.462 e. The first-order chi connectivity index (χ1) is 30.4. The van der Waals surface area contributed by atoms with Gasteiger partial charge in [-0.15, -0.1) is 0 Å². The topological polar surface area (TPSA) is 191 Å². The molecule has 0 heterocycles. The van der Waals surface area contributed by atoms with Gasteiger partial charge in [-0.3, -0.25) is 29.8 Å². The summed E-state index contributed by atoms with van der Waals surface area (Å²) in [5.74, 6) is -1.25. The number of nitrogens with zero attached hydrogens (tertiary/aromatic N) is 2. The van der Waals surface area contributed by atoms with Gasteiger partial charge in [-0.05, 0) is 117 Å². The minimum atomic E-state index is -1.07. The van der Waals surface area contributed by atoms with Gasteiger partial charge >= 0.3 is 23.9 Å². The van der Waals surface area contributed by atoms with E-state index >= 15 is 0 Å². The second-order valence-electron chi connectivity index (χ2n) is 16.6. The average molecular weight is 867 g/mol. The molecule has 2 aliphatic rings. The number of nitro benzene ring substituents is 2. The Bertz CT molecular complexity index is 1970. The van der Waals surface area contributed by atoms with E-state index in [9.17, 15) is 39.4 Å². The Balaban J connectivity index is 1.14. The van der Waals surface area contributed by atoms with Crippen molar-refractivity contribution in [2.45, 2.75) is 110 Å². The van der Waals surface area contributed by atoms with Crippen LogP contribution in [0.2, 0.25) is 0 Å². The molecule has 2 saturated carbocycles. The van der Waals surface area contributed by atoms with Crippen LogP contribution < -0.4 is 9.47 Å². The number of rotatable bonds is 21. The van der Waals surface area contributed by atoms with Gasteiger partial charge in [0.1, 0.15) is 24.7 Å². The first-order valence-corrected chi connectivity index (χ1v) is 22.2. The summed E-state index contributed by atoms with van der Waals surface area (Å²) in [6.45, 7) is 3.44. The molecule has 3 aromatic carbocycles. The monoisotopic (exact) mass is 866 g/mol. The number of non-ortho nitro benzene ring substituents is 1. The molecule has 336 valence electrons. The first kappa shape index (κ1) is 47.9. The van der Waals surface area contributed by atoms with Crippen molar-refractivity contribution in [3.63, 3.8) is 0 Å². The first-order valence-electron chi connectivity index (χ1n) is 22.2. The quantitative estimate of drug-likeness (QED) is 0.0324. The molecular weight excluding hydrogens is 809 g/mol. The maximum absolute atomic E-state index is 12.8. The highest BCUT2D eigenvalue weighted by Crippen LogP contribution is 2.35. The Kier molecular flexibility index (Phi) is 18.6. The number of carbonyl (C=O) groups is 4. The molecule has 0 aliphatic heterocycles. The molecule has 0 aromatic heterocycles. The van der Waals surface area contributed by atoms with Crippen LogP contribution in [0.5, 0.6) is 11.5 Å². The molecule has 63 heavy (non-hydrogen) atoms. The highest BCUT2D eigenvalue weighted by atomic mass is 16.6. The fraction of sp³-hybridized carbons (Fsp3) is 0.469. The standard InChI is InChI=1S/C49H58N2O12/c1-3-5-7-34-9-19-38(20-10-34)48(54)62-42-24-13-36(14-25-42)17-29-46(52)60-32-40(44-28-23-41(50(56)57)31-45(44)51(58)59)33-61-47(53)30-18-37-15-26-43(27-16-37)63-49(55)39-21-11-35(12-22-39)8-6-4-2/h13-18,23-31,34-35,38-40H,3-12,19-22,32-33H2,1-2H3. The van der Waals surface area contributed by atoms with Crippen LogP contribution in [0, 0.1) is 43.9 Å². The Morgan fingerprint density at radius 2 is 1.05 bits per heavy atom. The summed E-state index contributed by atoms with van der Waals surface area (Å²) < 4.78 is 22.1. The summed E-state index contributed by atoms with van der Waals surface area (Å²) >= 11 is 0. The van der Waals surface area contributed by atoms with E-state index in [-0.39, 0.29) is 29.3 Å². The molecular formula is C49H58N2O12. The van der Waals surface area contributed by atoms with E-state index < -0.39 is 52.3 Å². The number of nitro groups is 2. The Labute approximate surface area is 368 Å². The lowest BCUT2D eigenvalue weighted by atomic mass is 9.80. The molecule has 0 atom stereocenters. The number of ether oxygens (including phenoxy) is 4. The van der Waals surface area contributed by atoms with Crippen LogP contribution >= 0.6 is 0 Å². The van der Waals surface area contributed by atoms with Crippen LogP contribution in [0.4, 0.5) is 11.4 Å². The lowest BCUT2D eigenvalue weighted by Gasteiger charge is -2.27. The van der Waals surface area contributed by atoms with Crippen LogP contribution in [0.25, 0.3) is 12.2 Å². The van der Waals surface area contributed by atoms with Crippen molar-refractivity contribution in [3.8, 4) is 11.5 Å². The highest BCUT2D eigenvalue weighted by Gasteiger charge is 2.30. The summed E-state index contributed by atoms with van der Waals surface area (Å²) in [5, 5.41) is 23.4.